The summed E-state index contributed by atoms with van der Waals surface area (Å²) in [5, 5.41) is 0. The highest BCUT2D eigenvalue weighted by atomic mass is 16.5. The van der Waals surface area contributed by atoms with Crippen LogP contribution in [0, 0.1) is 5.92 Å². The van der Waals surface area contributed by atoms with Gasteiger partial charge in [0.15, 0.2) is 0 Å². The van der Waals surface area contributed by atoms with Gasteiger partial charge in [-0.1, -0.05) is 24.3 Å². The summed E-state index contributed by atoms with van der Waals surface area (Å²) in [6, 6.07) is 16.0. The zero-order chi connectivity index (χ0) is 17.7. The lowest BCUT2D eigenvalue weighted by atomic mass is 9.81. The summed E-state index contributed by atoms with van der Waals surface area (Å²) >= 11 is 0. The molecule has 0 radical (unpaired) electrons. The summed E-state index contributed by atoms with van der Waals surface area (Å²) in [5.41, 5.74) is 3.94. The molecule has 0 N–H and O–H groups in total. The molecule has 0 aliphatic carbocycles. The molecule has 136 valence electrons. The highest BCUT2D eigenvalue weighted by Gasteiger charge is 2.49. The average molecular weight is 350 g/mol. The first-order valence-corrected chi connectivity index (χ1v) is 9.66. The van der Waals surface area contributed by atoms with E-state index < -0.39 is 0 Å². The van der Waals surface area contributed by atoms with Crippen LogP contribution in [0.4, 0.5) is 11.4 Å². The fourth-order valence-corrected chi connectivity index (χ4v) is 5.52. The third-order valence-electron chi connectivity index (χ3n) is 6.49. The molecule has 0 aromatic heterocycles. The van der Waals surface area contributed by atoms with Gasteiger partial charge in [-0.2, -0.15) is 0 Å². The van der Waals surface area contributed by atoms with Crippen molar-refractivity contribution in [2.24, 2.45) is 5.92 Å². The number of fused-ring (bicyclic) bond motifs is 6. The maximum absolute atomic E-state index is 5.77. The van der Waals surface area contributed by atoms with Gasteiger partial charge < -0.3 is 19.3 Å². The van der Waals surface area contributed by atoms with Gasteiger partial charge in [0.1, 0.15) is 11.5 Å². The molecule has 3 heterocycles. The van der Waals surface area contributed by atoms with E-state index in [1.165, 1.54) is 36.2 Å². The fourth-order valence-electron chi connectivity index (χ4n) is 5.52. The zero-order valence-electron chi connectivity index (χ0n) is 15.5. The third-order valence-corrected chi connectivity index (χ3v) is 6.49. The van der Waals surface area contributed by atoms with Crippen LogP contribution >= 0.6 is 0 Å². The SMILES string of the molecule is COc1ccccc1N1CC[C@@H]2[C@H]3CCCN3c3c(OC)cccc3[C@@H]21. The molecule has 0 amide bonds. The Bertz CT molecular complexity index is 822. The van der Waals surface area contributed by atoms with Crippen LogP contribution in [-0.2, 0) is 0 Å². The standard InChI is InChI=1S/C22H26N2O2/c1-25-19-10-4-3-8-18(19)24-14-12-15-17-9-6-13-23(17)22-16(21(15)24)7-5-11-20(22)26-2/h3-5,7-8,10-11,15,17,21H,6,9,12-14H2,1-2H3/t15-,17-,21-/m1/s1. The van der Waals surface area contributed by atoms with Gasteiger partial charge in [-0.15, -0.1) is 0 Å². The zero-order valence-corrected chi connectivity index (χ0v) is 15.5. The van der Waals surface area contributed by atoms with Crippen LogP contribution in [-0.4, -0.2) is 33.4 Å². The first-order valence-electron chi connectivity index (χ1n) is 9.66. The molecular formula is C22H26N2O2. The van der Waals surface area contributed by atoms with Gasteiger partial charge in [-0.05, 0) is 37.5 Å². The predicted octanol–water partition coefficient (Wildman–Crippen LogP) is 4.25. The van der Waals surface area contributed by atoms with Crippen molar-refractivity contribution in [2.75, 3.05) is 37.1 Å². The van der Waals surface area contributed by atoms with Crippen LogP contribution in [0.15, 0.2) is 42.5 Å². The number of hydrogen-bond donors (Lipinski definition) is 0. The van der Waals surface area contributed by atoms with Crippen molar-refractivity contribution in [2.45, 2.75) is 31.3 Å². The van der Waals surface area contributed by atoms with E-state index in [0.717, 1.165) is 24.6 Å². The Morgan fingerprint density at radius 3 is 2.50 bits per heavy atom. The number of ether oxygens (including phenoxy) is 2. The third kappa shape index (κ3) is 2.14. The quantitative estimate of drug-likeness (QED) is 0.826. The summed E-state index contributed by atoms with van der Waals surface area (Å²) in [6.07, 6.45) is 3.80. The normalized spacial score (nSPS) is 26.3. The Morgan fingerprint density at radius 1 is 0.846 bits per heavy atom. The van der Waals surface area contributed by atoms with Crippen molar-refractivity contribution in [1.29, 1.82) is 0 Å². The van der Waals surface area contributed by atoms with E-state index in [1.807, 2.05) is 6.07 Å². The highest BCUT2D eigenvalue weighted by Crippen LogP contribution is 2.55. The van der Waals surface area contributed by atoms with Crippen LogP contribution in [0.1, 0.15) is 30.9 Å². The van der Waals surface area contributed by atoms with Gasteiger partial charge in [0.2, 0.25) is 0 Å². The van der Waals surface area contributed by atoms with Crippen LogP contribution in [0.2, 0.25) is 0 Å². The Morgan fingerprint density at radius 2 is 1.65 bits per heavy atom. The molecule has 2 aromatic rings. The molecular weight excluding hydrogens is 324 g/mol. The van der Waals surface area contributed by atoms with E-state index in [9.17, 15) is 0 Å². The number of para-hydroxylation sites is 3. The van der Waals surface area contributed by atoms with Crippen LogP contribution in [0.5, 0.6) is 11.5 Å². The average Bonchev–Trinajstić information content (AvgIpc) is 3.34. The smallest absolute Gasteiger partial charge is 0.142 e. The highest BCUT2D eigenvalue weighted by molar-refractivity contribution is 5.71. The number of methoxy groups -OCH3 is 2. The summed E-state index contributed by atoms with van der Waals surface area (Å²) in [6.45, 7) is 2.23. The van der Waals surface area contributed by atoms with Gasteiger partial charge in [0, 0.05) is 30.6 Å². The predicted molar refractivity (Wildman–Crippen MR) is 105 cm³/mol. The molecule has 5 rings (SSSR count). The molecule has 26 heavy (non-hydrogen) atoms. The van der Waals surface area contributed by atoms with E-state index in [-0.39, 0.29) is 0 Å². The molecule has 3 aliphatic rings. The maximum Gasteiger partial charge on any atom is 0.142 e. The minimum Gasteiger partial charge on any atom is -0.495 e. The fraction of sp³-hybridized carbons (Fsp3) is 0.455. The second kappa shape index (κ2) is 6.11. The van der Waals surface area contributed by atoms with Crippen molar-refractivity contribution in [3.8, 4) is 11.5 Å². The number of nitrogens with zero attached hydrogens (tertiary/aromatic N) is 2. The number of anilines is 2. The summed E-state index contributed by atoms with van der Waals surface area (Å²) in [4.78, 5) is 5.19. The largest absolute Gasteiger partial charge is 0.495 e. The molecule has 3 atom stereocenters. The van der Waals surface area contributed by atoms with Crippen molar-refractivity contribution >= 4 is 11.4 Å². The minimum atomic E-state index is 0.399. The summed E-state index contributed by atoms with van der Waals surface area (Å²) < 4.78 is 11.5. The molecule has 2 saturated heterocycles. The number of benzene rings is 2. The Kier molecular flexibility index (Phi) is 3.73. The summed E-state index contributed by atoms with van der Waals surface area (Å²) in [7, 11) is 3.56. The van der Waals surface area contributed by atoms with E-state index in [2.05, 4.69) is 46.2 Å². The second-order valence-corrected chi connectivity index (χ2v) is 7.56. The molecule has 0 saturated carbocycles. The molecule has 0 unspecified atom stereocenters. The number of hydrogen-bond acceptors (Lipinski definition) is 4. The van der Waals surface area contributed by atoms with Crippen LogP contribution in [0.3, 0.4) is 0 Å². The molecule has 2 fully saturated rings. The van der Waals surface area contributed by atoms with Crippen molar-refractivity contribution in [3.05, 3.63) is 48.0 Å². The number of rotatable bonds is 3. The minimum absolute atomic E-state index is 0.399. The molecule has 2 aromatic carbocycles. The van der Waals surface area contributed by atoms with Crippen LogP contribution in [0.25, 0.3) is 0 Å². The monoisotopic (exact) mass is 350 g/mol. The Hall–Kier alpha value is -2.36. The van der Waals surface area contributed by atoms with E-state index in [1.54, 1.807) is 14.2 Å². The van der Waals surface area contributed by atoms with Gasteiger partial charge >= 0.3 is 0 Å². The first kappa shape index (κ1) is 15.9. The topological polar surface area (TPSA) is 24.9 Å². The summed E-state index contributed by atoms with van der Waals surface area (Å²) in [5.74, 6) is 2.65. The Labute approximate surface area is 155 Å². The lowest BCUT2D eigenvalue weighted by Crippen LogP contribution is -2.44. The van der Waals surface area contributed by atoms with Gasteiger partial charge in [0.05, 0.1) is 31.6 Å². The Balaban J connectivity index is 1.66. The lowest BCUT2D eigenvalue weighted by Gasteiger charge is -2.44. The molecule has 4 nitrogen and oxygen atoms in total. The van der Waals surface area contributed by atoms with Gasteiger partial charge in [-0.3, -0.25) is 0 Å². The maximum atomic E-state index is 5.77. The van der Waals surface area contributed by atoms with Crippen molar-refractivity contribution in [1.82, 2.24) is 0 Å². The van der Waals surface area contributed by atoms with E-state index in [0.29, 0.717) is 18.0 Å². The second-order valence-electron chi connectivity index (χ2n) is 7.56. The van der Waals surface area contributed by atoms with Gasteiger partial charge in [0.25, 0.3) is 0 Å². The molecule has 3 aliphatic heterocycles. The van der Waals surface area contributed by atoms with Crippen molar-refractivity contribution in [3.63, 3.8) is 0 Å². The molecule has 0 bridgehead atoms. The van der Waals surface area contributed by atoms with E-state index >= 15 is 0 Å². The van der Waals surface area contributed by atoms with Crippen LogP contribution < -0.4 is 19.3 Å². The van der Waals surface area contributed by atoms with Crippen molar-refractivity contribution < 1.29 is 9.47 Å². The van der Waals surface area contributed by atoms with Gasteiger partial charge in [-0.25, -0.2) is 0 Å². The lowest BCUT2D eigenvalue weighted by molar-refractivity contribution is 0.360. The van der Waals surface area contributed by atoms with E-state index in [4.69, 9.17) is 9.47 Å². The first-order chi connectivity index (χ1) is 12.8. The molecule has 0 spiro atoms. The molecule has 4 heteroatoms.